The summed E-state index contributed by atoms with van der Waals surface area (Å²) in [5.41, 5.74) is 6.02. The predicted molar refractivity (Wildman–Crippen MR) is 147 cm³/mol. The molecule has 38 heavy (non-hydrogen) atoms. The highest BCUT2D eigenvalue weighted by molar-refractivity contribution is 5.80. The van der Waals surface area contributed by atoms with Gasteiger partial charge in [-0.3, -0.25) is 4.79 Å². The average Bonchev–Trinajstić information content (AvgIpc) is 3.51. The van der Waals surface area contributed by atoms with Gasteiger partial charge in [0.25, 0.3) is 0 Å². The van der Waals surface area contributed by atoms with Gasteiger partial charge in [0.05, 0.1) is 19.6 Å². The van der Waals surface area contributed by atoms with Gasteiger partial charge in [0.2, 0.25) is 0 Å². The molecule has 0 amide bonds. The van der Waals surface area contributed by atoms with Crippen molar-refractivity contribution in [2.45, 2.75) is 65.4 Å². The number of carbonyl (C=O) groups is 1. The van der Waals surface area contributed by atoms with Crippen LogP contribution >= 0.6 is 0 Å². The molecule has 0 heterocycles. The summed E-state index contributed by atoms with van der Waals surface area (Å²) in [4.78, 5) is 12.4. The van der Waals surface area contributed by atoms with E-state index in [1.54, 1.807) is 19.2 Å². The normalized spacial score (nSPS) is 19.8. The van der Waals surface area contributed by atoms with Crippen molar-refractivity contribution in [3.63, 3.8) is 0 Å². The van der Waals surface area contributed by atoms with Crippen LogP contribution in [-0.4, -0.2) is 19.7 Å². The van der Waals surface area contributed by atoms with E-state index in [4.69, 9.17) is 14.2 Å². The number of halogens is 1. The number of methoxy groups -OCH3 is 1. The van der Waals surface area contributed by atoms with E-state index in [2.05, 4.69) is 39.0 Å². The summed E-state index contributed by atoms with van der Waals surface area (Å²) >= 11 is 0. The van der Waals surface area contributed by atoms with Gasteiger partial charge in [-0.05, 0) is 96.2 Å². The molecular weight excluding hydrogens is 479 g/mol. The predicted octanol–water partition coefficient (Wildman–Crippen LogP) is 7.44. The molecule has 5 heteroatoms. The fraction of sp³-hybridized carbons (Fsp3) is 0.424. The Morgan fingerprint density at radius 2 is 1.82 bits per heavy atom. The molecule has 0 saturated heterocycles. The van der Waals surface area contributed by atoms with Crippen molar-refractivity contribution in [1.82, 2.24) is 0 Å². The number of rotatable bonds is 8. The fourth-order valence-electron chi connectivity index (χ4n) is 5.97. The number of hydrogen-bond donors (Lipinski definition) is 0. The average molecular weight is 517 g/mol. The molecule has 2 aliphatic rings. The Kier molecular flexibility index (Phi) is 6.97. The van der Waals surface area contributed by atoms with E-state index in [-0.39, 0.29) is 28.5 Å². The number of aryl methyl sites for hydroxylation is 1. The van der Waals surface area contributed by atoms with E-state index in [1.807, 2.05) is 25.1 Å². The summed E-state index contributed by atoms with van der Waals surface area (Å²) in [5.74, 6) is 1.05. The smallest absolute Gasteiger partial charge is 0.309 e. The largest absolute Gasteiger partial charge is 0.497 e. The molecule has 3 aromatic carbocycles. The molecule has 0 aromatic heterocycles. The van der Waals surface area contributed by atoms with Gasteiger partial charge in [0, 0.05) is 11.0 Å². The van der Waals surface area contributed by atoms with E-state index in [9.17, 15) is 9.18 Å². The summed E-state index contributed by atoms with van der Waals surface area (Å²) < 4.78 is 31.8. The fourth-order valence-corrected chi connectivity index (χ4v) is 5.97. The highest BCUT2D eigenvalue weighted by Crippen LogP contribution is 2.62. The molecule has 0 bridgehead atoms. The second-order valence-electron chi connectivity index (χ2n) is 11.8. The maximum absolute atomic E-state index is 14.9. The molecule has 1 fully saturated rings. The zero-order valence-corrected chi connectivity index (χ0v) is 23.0. The van der Waals surface area contributed by atoms with E-state index >= 15 is 0 Å². The van der Waals surface area contributed by atoms with Gasteiger partial charge in [-0.1, -0.05) is 45.0 Å². The van der Waals surface area contributed by atoms with Crippen molar-refractivity contribution in [1.29, 1.82) is 0 Å². The van der Waals surface area contributed by atoms with Crippen LogP contribution in [-0.2, 0) is 34.4 Å². The van der Waals surface area contributed by atoms with Crippen LogP contribution in [0.25, 0.3) is 11.1 Å². The SMILES string of the molecule is CCOC(=O)C1CC12CCc1ccc(OCc3ccc(-c4cc(OC)ccc4F)c(CC(C)(C)C)c3)cc12. The molecule has 5 rings (SSSR count). The Balaban J connectivity index is 1.38. The lowest BCUT2D eigenvalue weighted by molar-refractivity contribution is -0.145. The monoisotopic (exact) mass is 516 g/mol. The molecule has 4 nitrogen and oxygen atoms in total. The molecule has 2 aliphatic carbocycles. The van der Waals surface area contributed by atoms with Crippen molar-refractivity contribution in [3.8, 4) is 22.6 Å². The lowest BCUT2D eigenvalue weighted by Gasteiger charge is -2.22. The maximum Gasteiger partial charge on any atom is 0.309 e. The minimum absolute atomic E-state index is 0.0254. The molecule has 2 atom stereocenters. The zero-order chi connectivity index (χ0) is 27.1. The molecule has 200 valence electrons. The van der Waals surface area contributed by atoms with Crippen LogP contribution in [0, 0.1) is 17.2 Å². The highest BCUT2D eigenvalue weighted by Gasteiger charge is 2.62. The minimum atomic E-state index is -0.266. The molecule has 0 aliphatic heterocycles. The number of esters is 1. The number of carbonyl (C=O) groups excluding carboxylic acids is 1. The summed E-state index contributed by atoms with van der Waals surface area (Å²) in [6.45, 7) is 9.23. The lowest BCUT2D eigenvalue weighted by atomic mass is 9.84. The van der Waals surface area contributed by atoms with Gasteiger partial charge >= 0.3 is 5.97 Å². The van der Waals surface area contributed by atoms with Crippen molar-refractivity contribution >= 4 is 5.97 Å². The summed E-state index contributed by atoms with van der Waals surface area (Å²) in [5, 5.41) is 0. The van der Waals surface area contributed by atoms with E-state index in [1.165, 1.54) is 17.2 Å². The summed E-state index contributed by atoms with van der Waals surface area (Å²) in [6, 6.07) is 17.3. The molecule has 2 unspecified atom stereocenters. The lowest BCUT2D eigenvalue weighted by Crippen LogP contribution is -2.15. The maximum atomic E-state index is 14.9. The molecular formula is C33H37FO4. The van der Waals surface area contributed by atoms with E-state index < -0.39 is 0 Å². The van der Waals surface area contributed by atoms with Gasteiger partial charge in [-0.15, -0.1) is 0 Å². The van der Waals surface area contributed by atoms with Gasteiger partial charge in [0.15, 0.2) is 0 Å². The number of fused-ring (bicyclic) bond motifs is 2. The number of benzene rings is 3. The van der Waals surface area contributed by atoms with Gasteiger partial charge in [0.1, 0.15) is 23.9 Å². The highest BCUT2D eigenvalue weighted by atomic mass is 19.1. The van der Waals surface area contributed by atoms with Crippen LogP contribution in [0.5, 0.6) is 11.5 Å². The van der Waals surface area contributed by atoms with Gasteiger partial charge < -0.3 is 14.2 Å². The van der Waals surface area contributed by atoms with Crippen LogP contribution in [0.4, 0.5) is 4.39 Å². The Morgan fingerprint density at radius 3 is 2.55 bits per heavy atom. The Hall–Kier alpha value is -3.34. The second-order valence-corrected chi connectivity index (χ2v) is 11.8. The first-order chi connectivity index (χ1) is 18.1. The van der Waals surface area contributed by atoms with Crippen LogP contribution in [0.2, 0.25) is 0 Å². The van der Waals surface area contributed by atoms with Crippen molar-refractivity contribution in [2.75, 3.05) is 13.7 Å². The first kappa shape index (κ1) is 26.3. The van der Waals surface area contributed by atoms with Crippen LogP contribution in [0.15, 0.2) is 54.6 Å². The van der Waals surface area contributed by atoms with Crippen molar-refractivity contribution < 1.29 is 23.4 Å². The molecule has 3 aromatic rings. The van der Waals surface area contributed by atoms with Crippen molar-refractivity contribution in [3.05, 3.63) is 82.7 Å². The standard InChI is InChI=1S/C33H37FO4/c1-6-37-31(35)29-19-33(29)14-13-22-8-9-25(17-28(22)33)38-20-21-7-11-26(23(15-21)18-32(2,3)4)27-16-24(36-5)10-12-30(27)34/h7-12,15-17,29H,6,13-14,18-20H2,1-5H3. The van der Waals surface area contributed by atoms with Crippen LogP contribution < -0.4 is 9.47 Å². The Labute approximate surface area is 225 Å². The Bertz CT molecular complexity index is 1360. The van der Waals surface area contributed by atoms with Gasteiger partial charge in [-0.25, -0.2) is 4.39 Å². The van der Waals surface area contributed by atoms with Gasteiger partial charge in [-0.2, -0.15) is 0 Å². The Morgan fingerprint density at radius 1 is 1.03 bits per heavy atom. The molecule has 0 radical (unpaired) electrons. The van der Waals surface area contributed by atoms with E-state index in [0.717, 1.165) is 48.1 Å². The second kappa shape index (κ2) is 10.1. The molecule has 0 N–H and O–H groups in total. The number of hydrogen-bond acceptors (Lipinski definition) is 4. The van der Waals surface area contributed by atoms with E-state index in [0.29, 0.717) is 24.5 Å². The quantitative estimate of drug-likeness (QED) is 0.292. The van der Waals surface area contributed by atoms with Crippen LogP contribution in [0.3, 0.4) is 0 Å². The van der Waals surface area contributed by atoms with Crippen molar-refractivity contribution in [2.24, 2.45) is 11.3 Å². The third kappa shape index (κ3) is 5.16. The third-order valence-corrected chi connectivity index (χ3v) is 7.86. The molecule has 1 spiro atoms. The molecule has 1 saturated carbocycles. The first-order valence-electron chi connectivity index (χ1n) is 13.5. The third-order valence-electron chi connectivity index (χ3n) is 7.86. The van der Waals surface area contributed by atoms with Crippen LogP contribution in [0.1, 0.15) is 62.8 Å². The number of ether oxygens (including phenoxy) is 3. The summed E-state index contributed by atoms with van der Waals surface area (Å²) in [6.07, 6.45) is 3.64. The zero-order valence-electron chi connectivity index (χ0n) is 23.0. The topological polar surface area (TPSA) is 44.8 Å². The minimum Gasteiger partial charge on any atom is -0.497 e. The first-order valence-corrected chi connectivity index (χ1v) is 13.5. The summed E-state index contributed by atoms with van der Waals surface area (Å²) in [7, 11) is 1.59.